The predicted octanol–water partition coefficient (Wildman–Crippen LogP) is 4.83. The molecule has 2 nitrogen and oxygen atoms in total. The van der Waals surface area contributed by atoms with Gasteiger partial charge >= 0.3 is 0 Å². The second-order valence-corrected chi connectivity index (χ2v) is 5.11. The van der Waals surface area contributed by atoms with Gasteiger partial charge in [0.2, 0.25) is 0 Å². The molecule has 0 saturated heterocycles. The van der Waals surface area contributed by atoms with E-state index in [1.807, 2.05) is 13.8 Å². The van der Waals surface area contributed by atoms with Crippen LogP contribution in [0.3, 0.4) is 0 Å². The molecule has 5 heteroatoms. The number of halogens is 3. The van der Waals surface area contributed by atoms with Gasteiger partial charge in [-0.25, -0.2) is 8.78 Å². The van der Waals surface area contributed by atoms with E-state index in [-0.39, 0.29) is 5.75 Å². The van der Waals surface area contributed by atoms with E-state index in [0.29, 0.717) is 17.1 Å². The van der Waals surface area contributed by atoms with Crippen molar-refractivity contribution >= 4 is 11.6 Å². The number of ether oxygens (including phenoxy) is 1. The smallest absolute Gasteiger partial charge is 0.198 e. The molecule has 0 fully saturated rings. The van der Waals surface area contributed by atoms with E-state index in [0.717, 1.165) is 12.1 Å². The Balaban J connectivity index is 2.27. The first-order chi connectivity index (χ1) is 10.0. The molecule has 0 aliphatic carbocycles. The third kappa shape index (κ3) is 3.93. The Morgan fingerprint density at radius 1 is 1.14 bits per heavy atom. The van der Waals surface area contributed by atoms with Crippen molar-refractivity contribution in [2.45, 2.75) is 20.4 Å². The zero-order chi connectivity index (χ0) is 15.4. The van der Waals surface area contributed by atoms with Gasteiger partial charge in [0, 0.05) is 6.54 Å². The normalized spacial score (nSPS) is 10.7. The standard InChI is InChI=1S/C16H16ClF2NO/c1-3-20-9-11-7-13(18)16(14(19)8-11)21-15-5-4-10(2)6-12(15)17/h4-8,20H,3,9H2,1-2H3. The van der Waals surface area contributed by atoms with Crippen LogP contribution in [0.1, 0.15) is 18.1 Å². The molecule has 0 unspecified atom stereocenters. The van der Waals surface area contributed by atoms with Crippen LogP contribution in [0.2, 0.25) is 5.02 Å². The van der Waals surface area contributed by atoms with E-state index in [2.05, 4.69) is 5.32 Å². The highest BCUT2D eigenvalue weighted by Gasteiger charge is 2.15. The number of benzene rings is 2. The quantitative estimate of drug-likeness (QED) is 0.854. The zero-order valence-electron chi connectivity index (χ0n) is 11.8. The van der Waals surface area contributed by atoms with Crippen molar-refractivity contribution in [2.24, 2.45) is 0 Å². The zero-order valence-corrected chi connectivity index (χ0v) is 12.6. The molecule has 2 aromatic carbocycles. The summed E-state index contributed by atoms with van der Waals surface area (Å²) in [6.45, 7) is 4.91. The topological polar surface area (TPSA) is 21.3 Å². The molecule has 0 radical (unpaired) electrons. The van der Waals surface area contributed by atoms with Crippen LogP contribution in [0.5, 0.6) is 11.5 Å². The van der Waals surface area contributed by atoms with Gasteiger partial charge in [-0.1, -0.05) is 24.6 Å². The van der Waals surface area contributed by atoms with Gasteiger partial charge in [0.05, 0.1) is 5.02 Å². The van der Waals surface area contributed by atoms with Crippen LogP contribution in [0, 0.1) is 18.6 Å². The molecule has 0 atom stereocenters. The van der Waals surface area contributed by atoms with Gasteiger partial charge in [-0.3, -0.25) is 0 Å². The maximum atomic E-state index is 14.0. The van der Waals surface area contributed by atoms with Gasteiger partial charge < -0.3 is 10.1 Å². The summed E-state index contributed by atoms with van der Waals surface area (Å²) in [6, 6.07) is 7.53. The average Bonchev–Trinajstić information content (AvgIpc) is 2.42. The van der Waals surface area contributed by atoms with E-state index in [4.69, 9.17) is 16.3 Å². The maximum Gasteiger partial charge on any atom is 0.198 e. The molecule has 21 heavy (non-hydrogen) atoms. The maximum absolute atomic E-state index is 14.0. The highest BCUT2D eigenvalue weighted by Crippen LogP contribution is 2.33. The van der Waals surface area contributed by atoms with E-state index in [1.54, 1.807) is 18.2 Å². The Morgan fingerprint density at radius 2 is 1.81 bits per heavy atom. The summed E-state index contributed by atoms with van der Waals surface area (Å²) in [5.74, 6) is -1.72. The largest absolute Gasteiger partial charge is 0.450 e. The molecule has 0 bridgehead atoms. The minimum Gasteiger partial charge on any atom is -0.450 e. The number of hydrogen-bond acceptors (Lipinski definition) is 2. The molecule has 0 saturated carbocycles. The van der Waals surface area contributed by atoms with Crippen LogP contribution in [0.4, 0.5) is 8.78 Å². The first-order valence-electron chi connectivity index (χ1n) is 6.64. The summed E-state index contributed by atoms with van der Waals surface area (Å²) < 4.78 is 33.3. The number of aryl methyl sites for hydroxylation is 1. The van der Waals surface area contributed by atoms with Crippen LogP contribution in [0.25, 0.3) is 0 Å². The Kier molecular flexibility index (Phi) is 5.15. The molecule has 0 spiro atoms. The molecule has 0 amide bonds. The van der Waals surface area contributed by atoms with Crippen LogP contribution < -0.4 is 10.1 Å². The molecule has 0 aliphatic heterocycles. The number of nitrogens with one attached hydrogen (secondary N) is 1. The fourth-order valence-electron chi connectivity index (χ4n) is 1.88. The van der Waals surface area contributed by atoms with Gasteiger partial charge in [-0.05, 0) is 48.9 Å². The van der Waals surface area contributed by atoms with Crippen LogP contribution in [-0.2, 0) is 6.54 Å². The SMILES string of the molecule is CCNCc1cc(F)c(Oc2ccc(C)cc2Cl)c(F)c1. The Bertz CT molecular complexity index is 623. The molecular formula is C16H16ClF2NO. The monoisotopic (exact) mass is 311 g/mol. The summed E-state index contributed by atoms with van der Waals surface area (Å²) in [5.41, 5.74) is 1.46. The summed E-state index contributed by atoms with van der Waals surface area (Å²) in [5, 5.41) is 3.32. The summed E-state index contributed by atoms with van der Waals surface area (Å²) in [4.78, 5) is 0. The Labute approximate surface area is 127 Å². The van der Waals surface area contributed by atoms with Crippen molar-refractivity contribution in [1.29, 1.82) is 0 Å². The molecule has 0 aliphatic rings. The van der Waals surface area contributed by atoms with E-state index >= 15 is 0 Å². The van der Waals surface area contributed by atoms with Crippen LogP contribution in [-0.4, -0.2) is 6.54 Å². The molecule has 2 rings (SSSR count). The van der Waals surface area contributed by atoms with Crippen molar-refractivity contribution in [1.82, 2.24) is 5.32 Å². The number of rotatable bonds is 5. The second-order valence-electron chi connectivity index (χ2n) is 4.70. The lowest BCUT2D eigenvalue weighted by atomic mass is 10.2. The minimum absolute atomic E-state index is 0.222. The highest BCUT2D eigenvalue weighted by molar-refractivity contribution is 6.32. The summed E-state index contributed by atoms with van der Waals surface area (Å²) in [6.07, 6.45) is 0. The fraction of sp³-hybridized carbons (Fsp3) is 0.250. The third-order valence-electron chi connectivity index (χ3n) is 2.94. The lowest BCUT2D eigenvalue weighted by Crippen LogP contribution is -2.12. The Hall–Kier alpha value is -1.65. The van der Waals surface area contributed by atoms with Gasteiger partial charge in [0.1, 0.15) is 5.75 Å². The van der Waals surface area contributed by atoms with Gasteiger partial charge in [-0.15, -0.1) is 0 Å². The minimum atomic E-state index is -0.750. The predicted molar refractivity (Wildman–Crippen MR) is 80.0 cm³/mol. The lowest BCUT2D eigenvalue weighted by molar-refractivity contribution is 0.406. The molecule has 112 valence electrons. The average molecular weight is 312 g/mol. The fourth-order valence-corrected chi connectivity index (χ4v) is 2.15. The first-order valence-corrected chi connectivity index (χ1v) is 7.01. The number of hydrogen-bond donors (Lipinski definition) is 1. The van der Waals surface area contributed by atoms with Crippen molar-refractivity contribution < 1.29 is 13.5 Å². The molecule has 0 heterocycles. The highest BCUT2D eigenvalue weighted by atomic mass is 35.5. The van der Waals surface area contributed by atoms with E-state index in [9.17, 15) is 8.78 Å². The first kappa shape index (κ1) is 15.7. The van der Waals surface area contributed by atoms with Crippen molar-refractivity contribution in [2.75, 3.05) is 6.54 Å². The van der Waals surface area contributed by atoms with Crippen molar-refractivity contribution in [3.05, 3.63) is 58.1 Å². The van der Waals surface area contributed by atoms with Crippen LogP contribution in [0.15, 0.2) is 30.3 Å². The van der Waals surface area contributed by atoms with E-state index < -0.39 is 17.4 Å². The van der Waals surface area contributed by atoms with Crippen LogP contribution >= 0.6 is 11.6 Å². The third-order valence-corrected chi connectivity index (χ3v) is 3.23. The Morgan fingerprint density at radius 3 is 2.38 bits per heavy atom. The molecular weight excluding hydrogens is 296 g/mol. The van der Waals surface area contributed by atoms with Gasteiger partial charge in [-0.2, -0.15) is 0 Å². The molecule has 1 N–H and O–H groups in total. The summed E-state index contributed by atoms with van der Waals surface area (Å²) >= 11 is 6.00. The lowest BCUT2D eigenvalue weighted by Gasteiger charge is -2.11. The molecule has 0 aromatic heterocycles. The van der Waals surface area contributed by atoms with Gasteiger partial charge in [0.25, 0.3) is 0 Å². The molecule has 2 aromatic rings. The second kappa shape index (κ2) is 6.87. The van der Waals surface area contributed by atoms with Gasteiger partial charge in [0.15, 0.2) is 17.4 Å². The van der Waals surface area contributed by atoms with Crippen molar-refractivity contribution in [3.8, 4) is 11.5 Å². The summed E-state index contributed by atoms with van der Waals surface area (Å²) in [7, 11) is 0. The van der Waals surface area contributed by atoms with Crippen molar-refractivity contribution in [3.63, 3.8) is 0 Å². The van der Waals surface area contributed by atoms with E-state index in [1.165, 1.54) is 12.1 Å².